The average molecular weight is 279 g/mol. The molecule has 0 atom stereocenters. The first-order valence-electron chi connectivity index (χ1n) is 6.15. The van der Waals surface area contributed by atoms with Crippen molar-refractivity contribution < 1.29 is 9.59 Å². The van der Waals surface area contributed by atoms with E-state index in [9.17, 15) is 9.59 Å². The number of benzene rings is 1. The molecule has 0 unspecified atom stereocenters. The van der Waals surface area contributed by atoms with Crippen molar-refractivity contribution in [3.8, 4) is 0 Å². The molecule has 2 N–H and O–H groups in total. The van der Waals surface area contributed by atoms with Gasteiger partial charge in [0.2, 0.25) is 5.91 Å². The first-order chi connectivity index (χ1) is 9.20. The van der Waals surface area contributed by atoms with E-state index in [2.05, 4.69) is 10.6 Å². The van der Waals surface area contributed by atoms with Gasteiger partial charge in [-0.2, -0.15) is 11.8 Å². The molecule has 1 fully saturated rings. The van der Waals surface area contributed by atoms with Crippen molar-refractivity contribution in [1.29, 1.82) is 0 Å². The maximum atomic E-state index is 11.7. The third-order valence-electron chi connectivity index (χ3n) is 2.83. The van der Waals surface area contributed by atoms with Crippen LogP contribution in [0, 0.1) is 0 Å². The van der Waals surface area contributed by atoms with Crippen LogP contribution in [0.4, 0.5) is 16.2 Å². The van der Waals surface area contributed by atoms with Crippen LogP contribution in [-0.2, 0) is 4.79 Å². The van der Waals surface area contributed by atoms with Gasteiger partial charge in [-0.1, -0.05) is 6.07 Å². The lowest BCUT2D eigenvalue weighted by Gasteiger charge is -2.15. The topological polar surface area (TPSA) is 61.4 Å². The molecule has 3 amide bonds. The fourth-order valence-electron chi connectivity index (χ4n) is 1.89. The van der Waals surface area contributed by atoms with Crippen molar-refractivity contribution in [2.75, 3.05) is 35.3 Å². The van der Waals surface area contributed by atoms with Crippen LogP contribution in [-0.4, -0.2) is 37.0 Å². The van der Waals surface area contributed by atoms with E-state index < -0.39 is 0 Å². The maximum Gasteiger partial charge on any atom is 0.321 e. The molecule has 0 bridgehead atoms. The highest BCUT2D eigenvalue weighted by Gasteiger charge is 2.21. The van der Waals surface area contributed by atoms with Gasteiger partial charge in [0.1, 0.15) is 0 Å². The zero-order valence-electron chi connectivity index (χ0n) is 10.8. The summed E-state index contributed by atoms with van der Waals surface area (Å²) in [5, 5.41) is 5.60. The van der Waals surface area contributed by atoms with Crippen molar-refractivity contribution >= 4 is 35.1 Å². The van der Waals surface area contributed by atoms with E-state index in [4.69, 9.17) is 0 Å². The van der Waals surface area contributed by atoms with Crippen molar-refractivity contribution in [3.05, 3.63) is 24.3 Å². The Morgan fingerprint density at radius 2 is 2.37 bits per heavy atom. The molecule has 19 heavy (non-hydrogen) atoms. The number of nitrogens with zero attached hydrogens (tertiary/aromatic N) is 1. The molecular weight excluding hydrogens is 262 g/mol. The summed E-state index contributed by atoms with van der Waals surface area (Å²) in [5.74, 6) is 0.803. The molecule has 1 saturated heterocycles. The predicted octanol–water partition coefficient (Wildman–Crippen LogP) is 1.91. The highest BCUT2D eigenvalue weighted by molar-refractivity contribution is 7.98. The van der Waals surface area contributed by atoms with Crippen LogP contribution < -0.4 is 15.5 Å². The predicted molar refractivity (Wildman–Crippen MR) is 78.8 cm³/mol. The number of hydrogen-bond donors (Lipinski definition) is 2. The summed E-state index contributed by atoms with van der Waals surface area (Å²) in [4.78, 5) is 24.9. The molecule has 0 saturated carbocycles. The minimum absolute atomic E-state index is 0.00243. The van der Waals surface area contributed by atoms with Gasteiger partial charge in [0.05, 0.1) is 0 Å². The monoisotopic (exact) mass is 279 g/mol. The van der Waals surface area contributed by atoms with Gasteiger partial charge in [-0.3, -0.25) is 9.69 Å². The van der Waals surface area contributed by atoms with E-state index >= 15 is 0 Å². The Kier molecular flexibility index (Phi) is 4.68. The molecule has 0 aliphatic carbocycles. The fraction of sp³-hybridized carbons (Fsp3) is 0.385. The molecule has 1 aromatic carbocycles. The lowest BCUT2D eigenvalue weighted by Crippen LogP contribution is -2.27. The summed E-state index contributed by atoms with van der Waals surface area (Å²) in [7, 11) is 0. The number of rotatable bonds is 5. The van der Waals surface area contributed by atoms with Gasteiger partial charge in [-0.15, -0.1) is 0 Å². The second-order valence-electron chi connectivity index (χ2n) is 4.22. The minimum Gasteiger partial charge on any atom is -0.336 e. The van der Waals surface area contributed by atoms with E-state index in [1.807, 2.05) is 30.5 Å². The molecule has 1 aliphatic rings. The van der Waals surface area contributed by atoms with Gasteiger partial charge in [-0.25, -0.2) is 4.79 Å². The van der Waals surface area contributed by atoms with Crippen LogP contribution in [0.15, 0.2) is 24.3 Å². The highest BCUT2D eigenvalue weighted by atomic mass is 32.2. The lowest BCUT2D eigenvalue weighted by molar-refractivity contribution is -0.115. The number of amides is 3. The molecule has 0 aromatic heterocycles. The SMILES string of the molecule is CSCCC(=O)Nc1cccc(N2CCNC2=O)c1. The molecule has 2 rings (SSSR count). The van der Waals surface area contributed by atoms with Gasteiger partial charge < -0.3 is 10.6 Å². The number of nitrogens with one attached hydrogen (secondary N) is 2. The largest absolute Gasteiger partial charge is 0.336 e. The first kappa shape index (κ1) is 13.7. The number of hydrogen-bond acceptors (Lipinski definition) is 3. The number of thioether (sulfide) groups is 1. The third-order valence-corrected chi connectivity index (χ3v) is 3.44. The quantitative estimate of drug-likeness (QED) is 0.865. The van der Waals surface area contributed by atoms with Crippen LogP contribution in [0.25, 0.3) is 0 Å². The number of anilines is 2. The highest BCUT2D eigenvalue weighted by Crippen LogP contribution is 2.21. The van der Waals surface area contributed by atoms with E-state index in [1.54, 1.807) is 16.7 Å². The summed E-state index contributed by atoms with van der Waals surface area (Å²) >= 11 is 1.64. The molecule has 5 nitrogen and oxygen atoms in total. The van der Waals surface area contributed by atoms with E-state index in [0.717, 1.165) is 17.1 Å². The van der Waals surface area contributed by atoms with Crippen LogP contribution in [0.5, 0.6) is 0 Å². The van der Waals surface area contributed by atoms with Crippen molar-refractivity contribution in [1.82, 2.24) is 5.32 Å². The van der Waals surface area contributed by atoms with E-state index in [-0.39, 0.29) is 11.9 Å². The maximum absolute atomic E-state index is 11.7. The standard InChI is InChI=1S/C13H17N3O2S/c1-19-8-5-12(17)15-10-3-2-4-11(9-10)16-7-6-14-13(16)18/h2-4,9H,5-8H2,1H3,(H,14,18)(H,15,17). The Balaban J connectivity index is 2.02. The van der Waals surface area contributed by atoms with Crippen molar-refractivity contribution in [2.45, 2.75) is 6.42 Å². The number of carbonyl (C=O) groups excluding carboxylic acids is 2. The molecule has 102 valence electrons. The van der Waals surface area contributed by atoms with Gasteiger partial charge in [0.15, 0.2) is 0 Å². The average Bonchev–Trinajstić information content (AvgIpc) is 2.83. The van der Waals surface area contributed by atoms with Gasteiger partial charge >= 0.3 is 6.03 Å². The molecule has 1 aliphatic heterocycles. The minimum atomic E-state index is -0.0918. The van der Waals surface area contributed by atoms with E-state index in [1.165, 1.54) is 0 Å². The third kappa shape index (κ3) is 3.64. The number of urea groups is 1. The van der Waals surface area contributed by atoms with Crippen molar-refractivity contribution in [3.63, 3.8) is 0 Å². The Labute approximate surface area is 116 Å². The van der Waals surface area contributed by atoms with E-state index in [0.29, 0.717) is 19.5 Å². The molecule has 0 spiro atoms. The summed E-state index contributed by atoms with van der Waals surface area (Å²) in [5.41, 5.74) is 1.53. The molecular formula is C13H17N3O2S. The Hall–Kier alpha value is -1.69. The van der Waals surface area contributed by atoms with Crippen LogP contribution in [0.2, 0.25) is 0 Å². The van der Waals surface area contributed by atoms with Crippen LogP contribution in [0.3, 0.4) is 0 Å². The van der Waals surface area contributed by atoms with Gasteiger partial charge in [-0.05, 0) is 24.5 Å². The second kappa shape index (κ2) is 6.47. The zero-order valence-corrected chi connectivity index (χ0v) is 11.6. The number of carbonyl (C=O) groups is 2. The fourth-order valence-corrected chi connectivity index (χ4v) is 2.28. The molecule has 0 radical (unpaired) electrons. The zero-order chi connectivity index (χ0) is 13.7. The Morgan fingerprint density at radius 1 is 1.53 bits per heavy atom. The van der Waals surface area contributed by atoms with Gasteiger partial charge in [0.25, 0.3) is 0 Å². The van der Waals surface area contributed by atoms with Crippen LogP contribution in [0.1, 0.15) is 6.42 Å². The summed E-state index contributed by atoms with van der Waals surface area (Å²) in [6.07, 6.45) is 2.47. The van der Waals surface area contributed by atoms with Crippen LogP contribution >= 0.6 is 11.8 Å². The smallest absolute Gasteiger partial charge is 0.321 e. The lowest BCUT2D eigenvalue weighted by atomic mass is 10.2. The summed E-state index contributed by atoms with van der Waals surface area (Å²) in [6.45, 7) is 1.31. The molecule has 1 heterocycles. The summed E-state index contributed by atoms with van der Waals surface area (Å²) < 4.78 is 0. The normalized spacial score (nSPS) is 14.4. The first-order valence-corrected chi connectivity index (χ1v) is 7.54. The molecule has 6 heteroatoms. The van der Waals surface area contributed by atoms with Crippen molar-refractivity contribution in [2.24, 2.45) is 0 Å². The second-order valence-corrected chi connectivity index (χ2v) is 5.21. The molecule has 1 aromatic rings. The Morgan fingerprint density at radius 3 is 3.05 bits per heavy atom. The van der Waals surface area contributed by atoms with Gasteiger partial charge in [0, 0.05) is 36.6 Å². The summed E-state index contributed by atoms with van der Waals surface area (Å²) in [6, 6.07) is 7.26. The Bertz CT molecular complexity index is 479.